The van der Waals surface area contributed by atoms with Crippen LogP contribution in [0.15, 0.2) is 18.2 Å². The lowest BCUT2D eigenvalue weighted by atomic mass is 9.89. The summed E-state index contributed by atoms with van der Waals surface area (Å²) in [6, 6.07) is 6.18. The number of methoxy groups -OCH3 is 1. The Balaban J connectivity index is 1.87. The molecule has 0 aromatic heterocycles. The van der Waals surface area contributed by atoms with Crippen molar-refractivity contribution in [2.75, 3.05) is 20.3 Å². The van der Waals surface area contributed by atoms with Gasteiger partial charge in [-0.25, -0.2) is 0 Å². The number of hydrogen-bond donors (Lipinski definition) is 1. The summed E-state index contributed by atoms with van der Waals surface area (Å²) in [5, 5.41) is 3.63. The first-order valence-electron chi connectivity index (χ1n) is 9.34. The second-order valence-electron chi connectivity index (χ2n) is 6.64. The van der Waals surface area contributed by atoms with Gasteiger partial charge in [0, 0.05) is 12.1 Å². The van der Waals surface area contributed by atoms with E-state index in [1.165, 1.54) is 50.5 Å². The molecular formula is C20H33NO2. The minimum Gasteiger partial charge on any atom is -0.493 e. The monoisotopic (exact) mass is 319 g/mol. The molecule has 0 radical (unpaired) electrons. The first kappa shape index (κ1) is 18.1. The predicted octanol–water partition coefficient (Wildman–Crippen LogP) is 4.93. The number of rotatable bonds is 10. The molecule has 1 N–H and O–H groups in total. The molecule has 1 aliphatic rings. The quantitative estimate of drug-likeness (QED) is 0.620. The predicted molar refractivity (Wildman–Crippen MR) is 96.3 cm³/mol. The molecule has 0 bridgehead atoms. The van der Waals surface area contributed by atoms with Crippen LogP contribution in [-0.2, 0) is 6.54 Å². The highest BCUT2D eigenvalue weighted by Crippen LogP contribution is 2.31. The Morgan fingerprint density at radius 3 is 2.70 bits per heavy atom. The minimum atomic E-state index is 0.768. The SMILES string of the molecule is CCCCCOc1c(CNCC2CCCCC2)cccc1OC. The van der Waals surface area contributed by atoms with Crippen molar-refractivity contribution in [2.45, 2.75) is 64.8 Å². The van der Waals surface area contributed by atoms with Crippen molar-refractivity contribution >= 4 is 0 Å². The zero-order valence-electron chi connectivity index (χ0n) is 14.9. The molecule has 0 saturated heterocycles. The summed E-state index contributed by atoms with van der Waals surface area (Å²) in [6.45, 7) is 4.96. The molecule has 0 aliphatic heterocycles. The Morgan fingerprint density at radius 1 is 1.13 bits per heavy atom. The van der Waals surface area contributed by atoms with E-state index in [4.69, 9.17) is 9.47 Å². The fraction of sp³-hybridized carbons (Fsp3) is 0.700. The van der Waals surface area contributed by atoms with E-state index in [-0.39, 0.29) is 0 Å². The van der Waals surface area contributed by atoms with Crippen LogP contribution in [0.3, 0.4) is 0 Å². The third-order valence-electron chi connectivity index (χ3n) is 4.75. The van der Waals surface area contributed by atoms with Gasteiger partial charge in [0.25, 0.3) is 0 Å². The number of benzene rings is 1. The highest BCUT2D eigenvalue weighted by molar-refractivity contribution is 5.46. The molecule has 1 aliphatic carbocycles. The smallest absolute Gasteiger partial charge is 0.165 e. The maximum atomic E-state index is 6.04. The van der Waals surface area contributed by atoms with Crippen LogP contribution in [0.25, 0.3) is 0 Å². The van der Waals surface area contributed by atoms with Gasteiger partial charge in [0.1, 0.15) is 0 Å². The van der Waals surface area contributed by atoms with E-state index >= 15 is 0 Å². The highest BCUT2D eigenvalue weighted by Gasteiger charge is 2.14. The summed E-state index contributed by atoms with van der Waals surface area (Å²) in [5.74, 6) is 2.61. The van der Waals surface area contributed by atoms with Gasteiger partial charge in [-0.3, -0.25) is 0 Å². The molecule has 0 spiro atoms. The molecule has 3 nitrogen and oxygen atoms in total. The molecule has 0 unspecified atom stereocenters. The van der Waals surface area contributed by atoms with Crippen molar-refractivity contribution in [3.8, 4) is 11.5 Å². The summed E-state index contributed by atoms with van der Waals surface area (Å²) >= 11 is 0. The maximum absolute atomic E-state index is 6.04. The third kappa shape index (κ3) is 6.06. The molecule has 1 aromatic rings. The zero-order valence-corrected chi connectivity index (χ0v) is 14.9. The molecule has 1 aromatic carbocycles. The summed E-state index contributed by atoms with van der Waals surface area (Å²) in [4.78, 5) is 0. The summed E-state index contributed by atoms with van der Waals surface area (Å²) in [7, 11) is 1.72. The number of nitrogens with one attached hydrogen (secondary N) is 1. The molecule has 130 valence electrons. The van der Waals surface area contributed by atoms with Gasteiger partial charge in [-0.05, 0) is 37.8 Å². The van der Waals surface area contributed by atoms with Gasteiger partial charge in [0.05, 0.1) is 13.7 Å². The lowest BCUT2D eigenvalue weighted by Gasteiger charge is -2.22. The van der Waals surface area contributed by atoms with Gasteiger partial charge in [0.15, 0.2) is 11.5 Å². The molecule has 1 saturated carbocycles. The number of unbranched alkanes of at least 4 members (excludes halogenated alkanes) is 2. The highest BCUT2D eigenvalue weighted by atomic mass is 16.5. The van der Waals surface area contributed by atoms with Crippen LogP contribution >= 0.6 is 0 Å². The van der Waals surface area contributed by atoms with Crippen LogP contribution in [0.2, 0.25) is 0 Å². The van der Waals surface area contributed by atoms with Crippen LogP contribution in [0, 0.1) is 5.92 Å². The van der Waals surface area contributed by atoms with E-state index in [1.807, 2.05) is 6.07 Å². The van der Waals surface area contributed by atoms with Crippen molar-refractivity contribution in [3.05, 3.63) is 23.8 Å². The topological polar surface area (TPSA) is 30.5 Å². The molecule has 23 heavy (non-hydrogen) atoms. The summed E-state index contributed by atoms with van der Waals surface area (Å²) in [5.41, 5.74) is 1.21. The van der Waals surface area contributed by atoms with Crippen LogP contribution < -0.4 is 14.8 Å². The molecule has 0 heterocycles. The average molecular weight is 319 g/mol. The van der Waals surface area contributed by atoms with Crippen molar-refractivity contribution in [1.29, 1.82) is 0 Å². The fourth-order valence-electron chi connectivity index (χ4n) is 3.35. The first-order chi connectivity index (χ1) is 11.3. The number of ether oxygens (including phenoxy) is 2. The molecule has 1 fully saturated rings. The Hall–Kier alpha value is -1.22. The van der Waals surface area contributed by atoms with Crippen LogP contribution in [0.1, 0.15) is 63.9 Å². The van der Waals surface area contributed by atoms with Gasteiger partial charge in [-0.2, -0.15) is 0 Å². The van der Waals surface area contributed by atoms with E-state index < -0.39 is 0 Å². The third-order valence-corrected chi connectivity index (χ3v) is 4.75. The minimum absolute atomic E-state index is 0.768. The van der Waals surface area contributed by atoms with Gasteiger partial charge < -0.3 is 14.8 Å². The van der Waals surface area contributed by atoms with E-state index in [9.17, 15) is 0 Å². The Labute approximate surface area is 141 Å². The fourth-order valence-corrected chi connectivity index (χ4v) is 3.35. The van der Waals surface area contributed by atoms with Crippen LogP contribution in [0.4, 0.5) is 0 Å². The van der Waals surface area contributed by atoms with Crippen LogP contribution in [0.5, 0.6) is 11.5 Å². The molecule has 3 heteroatoms. The van der Waals surface area contributed by atoms with E-state index in [0.717, 1.165) is 43.5 Å². The van der Waals surface area contributed by atoms with E-state index in [1.54, 1.807) is 7.11 Å². The molecule has 0 atom stereocenters. The average Bonchev–Trinajstić information content (AvgIpc) is 2.60. The standard InChI is InChI=1S/C20H33NO2/c1-3-4-8-14-23-20-18(12-9-13-19(20)22-2)16-21-15-17-10-6-5-7-11-17/h9,12-13,17,21H,3-8,10-11,14-16H2,1-2H3. The Bertz CT molecular complexity index is 441. The second-order valence-corrected chi connectivity index (χ2v) is 6.64. The Morgan fingerprint density at radius 2 is 1.96 bits per heavy atom. The van der Waals surface area contributed by atoms with E-state index in [0.29, 0.717) is 0 Å². The summed E-state index contributed by atoms with van der Waals surface area (Å²) in [6.07, 6.45) is 10.5. The van der Waals surface area contributed by atoms with Gasteiger partial charge in [-0.15, -0.1) is 0 Å². The van der Waals surface area contributed by atoms with Gasteiger partial charge >= 0.3 is 0 Å². The van der Waals surface area contributed by atoms with Crippen molar-refractivity contribution < 1.29 is 9.47 Å². The molecule has 0 amide bonds. The molecular weight excluding hydrogens is 286 g/mol. The zero-order chi connectivity index (χ0) is 16.3. The van der Waals surface area contributed by atoms with Crippen molar-refractivity contribution in [3.63, 3.8) is 0 Å². The van der Waals surface area contributed by atoms with Crippen LogP contribution in [-0.4, -0.2) is 20.3 Å². The normalized spacial score (nSPS) is 15.6. The lowest BCUT2D eigenvalue weighted by Crippen LogP contribution is -2.24. The van der Waals surface area contributed by atoms with E-state index in [2.05, 4.69) is 24.4 Å². The largest absolute Gasteiger partial charge is 0.493 e. The van der Waals surface area contributed by atoms with Gasteiger partial charge in [-0.1, -0.05) is 51.2 Å². The lowest BCUT2D eigenvalue weighted by molar-refractivity contribution is 0.281. The number of hydrogen-bond acceptors (Lipinski definition) is 3. The number of para-hydroxylation sites is 1. The first-order valence-corrected chi connectivity index (χ1v) is 9.34. The van der Waals surface area contributed by atoms with Gasteiger partial charge in [0.2, 0.25) is 0 Å². The second kappa shape index (κ2) is 10.5. The summed E-state index contributed by atoms with van der Waals surface area (Å²) < 4.78 is 11.5. The van der Waals surface area contributed by atoms with Crippen molar-refractivity contribution in [1.82, 2.24) is 5.32 Å². The maximum Gasteiger partial charge on any atom is 0.165 e. The van der Waals surface area contributed by atoms with Crippen molar-refractivity contribution in [2.24, 2.45) is 5.92 Å². The molecule has 2 rings (SSSR count). The Kier molecular flexibility index (Phi) is 8.30.